The van der Waals surface area contributed by atoms with E-state index in [-0.39, 0.29) is 29.6 Å². The minimum Gasteiger partial charge on any atom is -0.483 e. The number of thiocarbonyl (C=S) groups is 1. The second-order valence-corrected chi connectivity index (χ2v) is 10.2. The fraction of sp³-hybridized carbons (Fsp3) is 0.130. The standard InChI is InChI=1S/C23H18Br2Cl2N4O4S/c24-13-2-4-15-12(9-13)1-6-18(22(15)25)35-11-21(34)29-23(36)31-30-20(33)8-7-19(32)28-17-5-3-14(26)10-16(17)27/h1-6,9-10H,7-8,11H2,(H,28,32)(H,30,33)(H2,29,31,34,36). The summed E-state index contributed by atoms with van der Waals surface area (Å²) in [6, 6.07) is 14.1. The largest absolute Gasteiger partial charge is 0.483 e. The lowest BCUT2D eigenvalue weighted by molar-refractivity contribution is -0.125. The first-order valence-electron chi connectivity index (χ1n) is 10.3. The number of carbonyl (C=O) groups is 3. The van der Waals surface area contributed by atoms with E-state index in [2.05, 4.69) is 53.3 Å². The Kier molecular flexibility index (Phi) is 10.3. The summed E-state index contributed by atoms with van der Waals surface area (Å²) in [7, 11) is 0. The molecule has 0 radical (unpaired) electrons. The van der Waals surface area contributed by atoms with E-state index in [1.165, 1.54) is 6.07 Å². The number of nitrogens with one attached hydrogen (secondary N) is 4. The maximum Gasteiger partial charge on any atom is 0.264 e. The first kappa shape index (κ1) is 28.1. The summed E-state index contributed by atoms with van der Waals surface area (Å²) < 4.78 is 7.26. The van der Waals surface area contributed by atoms with E-state index >= 15 is 0 Å². The average Bonchev–Trinajstić information content (AvgIpc) is 2.82. The molecule has 0 heterocycles. The first-order valence-corrected chi connectivity index (χ1v) is 13.0. The lowest BCUT2D eigenvalue weighted by Gasteiger charge is -2.13. The first-order chi connectivity index (χ1) is 17.1. The molecule has 3 rings (SSSR count). The van der Waals surface area contributed by atoms with Crippen LogP contribution < -0.4 is 26.2 Å². The van der Waals surface area contributed by atoms with Crippen LogP contribution in [0.2, 0.25) is 10.0 Å². The Morgan fingerprint density at radius 1 is 0.889 bits per heavy atom. The molecular formula is C23H18Br2Cl2N4O4S. The van der Waals surface area contributed by atoms with Gasteiger partial charge in [0.2, 0.25) is 11.8 Å². The number of rotatable bonds is 7. The Balaban J connectivity index is 1.37. The van der Waals surface area contributed by atoms with Crippen molar-refractivity contribution >= 4 is 107 Å². The van der Waals surface area contributed by atoms with Gasteiger partial charge in [0.1, 0.15) is 5.75 Å². The van der Waals surface area contributed by atoms with E-state index < -0.39 is 17.7 Å². The van der Waals surface area contributed by atoms with Gasteiger partial charge in [-0.25, -0.2) is 0 Å². The molecule has 0 bridgehead atoms. The summed E-state index contributed by atoms with van der Waals surface area (Å²) in [5, 5.41) is 7.52. The minimum absolute atomic E-state index is 0.100. The average molecular weight is 677 g/mol. The quantitative estimate of drug-likeness (QED) is 0.195. The van der Waals surface area contributed by atoms with Crippen molar-refractivity contribution < 1.29 is 19.1 Å². The molecule has 188 valence electrons. The third kappa shape index (κ3) is 8.31. The van der Waals surface area contributed by atoms with Crippen LogP contribution in [0.25, 0.3) is 10.8 Å². The topological polar surface area (TPSA) is 109 Å². The Hall–Kier alpha value is -2.44. The molecule has 0 aliphatic carbocycles. The molecule has 36 heavy (non-hydrogen) atoms. The zero-order chi connectivity index (χ0) is 26.2. The molecule has 0 aromatic heterocycles. The van der Waals surface area contributed by atoms with E-state index in [9.17, 15) is 14.4 Å². The van der Waals surface area contributed by atoms with Crippen molar-refractivity contribution in [3.05, 3.63) is 67.5 Å². The number of halogens is 4. The maximum absolute atomic E-state index is 12.2. The zero-order valence-corrected chi connectivity index (χ0v) is 23.8. The number of ether oxygens (including phenoxy) is 1. The zero-order valence-electron chi connectivity index (χ0n) is 18.3. The van der Waals surface area contributed by atoms with Gasteiger partial charge >= 0.3 is 0 Å². The second-order valence-electron chi connectivity index (χ2n) is 7.25. The molecule has 0 aliphatic rings. The van der Waals surface area contributed by atoms with Crippen LogP contribution in [0.5, 0.6) is 5.75 Å². The molecule has 13 heteroatoms. The molecule has 0 aliphatic heterocycles. The third-order valence-corrected chi connectivity index (χ3v) is 6.66. The van der Waals surface area contributed by atoms with E-state index in [1.54, 1.807) is 18.2 Å². The summed E-state index contributed by atoms with van der Waals surface area (Å²) in [5.74, 6) is -0.948. The summed E-state index contributed by atoms with van der Waals surface area (Å²) in [6.07, 6.45) is -0.229. The van der Waals surface area contributed by atoms with E-state index in [0.29, 0.717) is 16.5 Å². The van der Waals surface area contributed by atoms with Gasteiger partial charge in [0.15, 0.2) is 11.7 Å². The highest BCUT2D eigenvalue weighted by Crippen LogP contribution is 2.34. The molecule has 3 amide bonds. The van der Waals surface area contributed by atoms with Crippen LogP contribution >= 0.6 is 67.3 Å². The molecule has 3 aromatic carbocycles. The fourth-order valence-electron chi connectivity index (χ4n) is 2.91. The van der Waals surface area contributed by atoms with Gasteiger partial charge in [-0.1, -0.05) is 51.3 Å². The number of carbonyl (C=O) groups excluding carboxylic acids is 3. The van der Waals surface area contributed by atoms with Crippen molar-refractivity contribution in [2.24, 2.45) is 0 Å². The van der Waals surface area contributed by atoms with Gasteiger partial charge in [0, 0.05) is 22.3 Å². The second kappa shape index (κ2) is 13.2. The van der Waals surface area contributed by atoms with Gasteiger partial charge in [-0.3, -0.25) is 30.6 Å². The van der Waals surface area contributed by atoms with Crippen LogP contribution in [-0.2, 0) is 14.4 Å². The minimum atomic E-state index is -0.524. The van der Waals surface area contributed by atoms with Crippen molar-refractivity contribution in [2.45, 2.75) is 12.8 Å². The van der Waals surface area contributed by atoms with Gasteiger partial charge in [-0.05, 0) is 75.3 Å². The Labute approximate surface area is 238 Å². The Morgan fingerprint density at radius 2 is 1.64 bits per heavy atom. The molecule has 0 unspecified atom stereocenters. The Bertz CT molecular complexity index is 1340. The number of hydrogen-bond acceptors (Lipinski definition) is 5. The van der Waals surface area contributed by atoms with Crippen LogP contribution in [0.1, 0.15) is 12.8 Å². The smallest absolute Gasteiger partial charge is 0.264 e. The predicted octanol–water partition coefficient (Wildman–Crippen LogP) is 5.49. The van der Waals surface area contributed by atoms with Crippen LogP contribution in [0.15, 0.2) is 57.5 Å². The lowest BCUT2D eigenvalue weighted by atomic mass is 10.1. The van der Waals surface area contributed by atoms with Crippen molar-refractivity contribution in [3.63, 3.8) is 0 Å². The molecule has 8 nitrogen and oxygen atoms in total. The van der Waals surface area contributed by atoms with Crippen LogP contribution in [0.3, 0.4) is 0 Å². The number of anilines is 1. The van der Waals surface area contributed by atoms with Crippen molar-refractivity contribution in [3.8, 4) is 5.75 Å². The monoisotopic (exact) mass is 674 g/mol. The summed E-state index contributed by atoms with van der Waals surface area (Å²) in [5.41, 5.74) is 5.11. The van der Waals surface area contributed by atoms with Crippen molar-refractivity contribution in [1.82, 2.24) is 16.2 Å². The fourth-order valence-corrected chi connectivity index (χ4v) is 4.52. The van der Waals surface area contributed by atoms with Gasteiger partial charge < -0.3 is 10.1 Å². The van der Waals surface area contributed by atoms with Crippen molar-refractivity contribution in [2.75, 3.05) is 11.9 Å². The van der Waals surface area contributed by atoms with Crippen LogP contribution in [0, 0.1) is 0 Å². The summed E-state index contributed by atoms with van der Waals surface area (Å²) >= 11 is 23.8. The van der Waals surface area contributed by atoms with Crippen LogP contribution in [0.4, 0.5) is 5.69 Å². The normalized spacial score (nSPS) is 10.4. The molecule has 4 N–H and O–H groups in total. The van der Waals surface area contributed by atoms with Crippen LogP contribution in [-0.4, -0.2) is 29.4 Å². The maximum atomic E-state index is 12.2. The van der Waals surface area contributed by atoms with Gasteiger partial charge in [-0.2, -0.15) is 0 Å². The molecule has 0 saturated heterocycles. The highest BCUT2D eigenvalue weighted by molar-refractivity contribution is 9.11. The highest BCUT2D eigenvalue weighted by Gasteiger charge is 2.12. The lowest BCUT2D eigenvalue weighted by Crippen LogP contribution is -2.49. The van der Waals surface area contributed by atoms with Gasteiger partial charge in [-0.15, -0.1) is 0 Å². The van der Waals surface area contributed by atoms with Gasteiger partial charge in [0.25, 0.3) is 5.91 Å². The number of fused-ring (bicyclic) bond motifs is 1. The summed E-state index contributed by atoms with van der Waals surface area (Å²) in [6.45, 7) is -0.302. The Morgan fingerprint density at radius 3 is 2.39 bits per heavy atom. The molecule has 3 aromatic rings. The number of benzene rings is 3. The number of hydrazine groups is 1. The predicted molar refractivity (Wildman–Crippen MR) is 151 cm³/mol. The molecular weight excluding hydrogens is 659 g/mol. The van der Waals surface area contributed by atoms with E-state index in [1.807, 2.05) is 24.3 Å². The highest BCUT2D eigenvalue weighted by atomic mass is 79.9. The van der Waals surface area contributed by atoms with E-state index in [0.717, 1.165) is 19.7 Å². The number of hydrogen-bond donors (Lipinski definition) is 4. The number of amides is 3. The third-order valence-electron chi connectivity index (χ3n) is 4.59. The van der Waals surface area contributed by atoms with Crippen molar-refractivity contribution in [1.29, 1.82) is 0 Å². The van der Waals surface area contributed by atoms with E-state index in [4.69, 9.17) is 40.2 Å². The van der Waals surface area contributed by atoms with Gasteiger partial charge in [0.05, 0.1) is 15.2 Å². The molecule has 0 fully saturated rings. The molecule has 0 atom stereocenters. The molecule has 0 spiro atoms. The molecule has 0 saturated carbocycles. The summed E-state index contributed by atoms with van der Waals surface area (Å²) in [4.78, 5) is 36.2. The SMILES string of the molecule is O=C(CCC(=O)Nc1ccc(Cl)cc1Cl)NNC(=S)NC(=O)COc1ccc2cc(Br)ccc2c1Br.